The molecule has 0 amide bonds. The van der Waals surface area contributed by atoms with Crippen LogP contribution in [0, 0.1) is 0 Å². The fraction of sp³-hybridized carbons (Fsp3) is 0.638. The highest BCUT2D eigenvalue weighted by Gasteiger charge is 2.20. The molecule has 0 aliphatic heterocycles. The van der Waals surface area contributed by atoms with Crippen LogP contribution in [-0.4, -0.2) is 70.7 Å². The summed E-state index contributed by atoms with van der Waals surface area (Å²) in [6.45, 7) is 5.10. The number of unbranched alkanes of at least 4 members (excludes halogenated alkanes) is 13. The Morgan fingerprint density at radius 3 is 1.22 bits per heavy atom. The van der Waals surface area contributed by atoms with Crippen molar-refractivity contribution in [3.63, 3.8) is 0 Å². The highest BCUT2D eigenvalue weighted by Crippen LogP contribution is 2.38. The Bertz CT molecular complexity index is 1480. The van der Waals surface area contributed by atoms with Crippen LogP contribution in [-0.2, 0) is 27.9 Å². The SMILES string of the molecule is CC/C=C\C/C=C\C/C=C\C/C=C\C/C=C\CCCCCCCCCCCCOCC(COP(=O)([O-])OCC[N+](C)(C)C)OC(=O)CCCCC/C=C\C/C=C\C/C=C\C/C=C\C/C=C\CC. The Kier molecular flexibility index (Phi) is 47.0. The van der Waals surface area contributed by atoms with Gasteiger partial charge >= 0.3 is 5.97 Å². The lowest BCUT2D eigenvalue weighted by Crippen LogP contribution is -2.37. The smallest absolute Gasteiger partial charge is 0.306 e. The number of allylic oxidation sites excluding steroid dienone is 20. The summed E-state index contributed by atoms with van der Waals surface area (Å²) in [5.74, 6) is -0.371. The normalized spacial score (nSPS) is 14.5. The Morgan fingerprint density at radius 1 is 0.463 bits per heavy atom. The minimum Gasteiger partial charge on any atom is -0.756 e. The van der Waals surface area contributed by atoms with Crippen molar-refractivity contribution < 1.29 is 37.3 Å². The van der Waals surface area contributed by atoms with Crippen molar-refractivity contribution in [2.45, 2.75) is 187 Å². The van der Waals surface area contributed by atoms with Gasteiger partial charge in [0, 0.05) is 13.0 Å². The summed E-state index contributed by atoms with van der Waals surface area (Å²) in [7, 11) is 1.31. The van der Waals surface area contributed by atoms with Crippen LogP contribution in [0.25, 0.3) is 0 Å². The summed E-state index contributed by atoms with van der Waals surface area (Å²) in [5, 5.41) is 0. The number of phosphoric acid groups is 1. The van der Waals surface area contributed by atoms with Crippen LogP contribution in [0.1, 0.15) is 181 Å². The third-order valence-corrected chi connectivity index (χ3v) is 11.5. The first-order chi connectivity index (χ1) is 32.6. The lowest BCUT2D eigenvalue weighted by atomic mass is 10.1. The standard InChI is InChI=1S/C58H98NO7P/c1-6-8-10-12-14-16-18-20-22-24-26-27-28-29-30-31-32-34-36-38-40-42-44-46-48-50-53-63-55-57(56-65-67(61,62)64-54-52-59(3,4)5)66-58(60)51-49-47-45-43-41-39-37-35-33-25-23-21-19-17-15-13-11-9-7-2/h8-11,14-17,20-23,26-27,29-30,33,35,39,41,57H,6-7,12-13,18-19,24-25,28,31-32,34,36-38,40,42-56H2,1-5H3/b10-8-,11-9-,16-14-,17-15-,22-20-,23-21-,27-26-,30-29-,35-33-,41-39-. The van der Waals surface area contributed by atoms with Gasteiger partial charge in [0.2, 0.25) is 0 Å². The van der Waals surface area contributed by atoms with Gasteiger partial charge in [-0.1, -0.05) is 193 Å². The molecule has 0 bridgehead atoms. The number of quaternary nitrogens is 1. The van der Waals surface area contributed by atoms with E-state index in [0.29, 0.717) is 24.1 Å². The van der Waals surface area contributed by atoms with Crippen LogP contribution in [0.4, 0.5) is 0 Å². The highest BCUT2D eigenvalue weighted by atomic mass is 31.2. The van der Waals surface area contributed by atoms with E-state index in [9.17, 15) is 14.3 Å². The summed E-state index contributed by atoms with van der Waals surface area (Å²) in [4.78, 5) is 25.2. The Labute approximate surface area is 412 Å². The number of esters is 1. The second-order valence-corrected chi connectivity index (χ2v) is 19.5. The van der Waals surface area contributed by atoms with Gasteiger partial charge in [0.25, 0.3) is 7.82 Å². The number of hydrogen-bond acceptors (Lipinski definition) is 7. The number of ether oxygens (including phenoxy) is 2. The molecule has 9 heteroatoms. The van der Waals surface area contributed by atoms with E-state index in [-0.39, 0.29) is 32.2 Å². The Balaban J connectivity index is 4.21. The van der Waals surface area contributed by atoms with Crippen molar-refractivity contribution in [2.75, 3.05) is 54.1 Å². The van der Waals surface area contributed by atoms with Gasteiger partial charge in [-0.15, -0.1) is 0 Å². The minimum atomic E-state index is -4.55. The number of nitrogens with zero attached hydrogens (tertiary/aromatic N) is 1. The second-order valence-electron chi connectivity index (χ2n) is 18.1. The molecule has 0 saturated carbocycles. The van der Waals surface area contributed by atoms with E-state index in [1.807, 2.05) is 21.1 Å². The van der Waals surface area contributed by atoms with Crippen LogP contribution >= 0.6 is 7.82 Å². The predicted molar refractivity (Wildman–Crippen MR) is 286 cm³/mol. The van der Waals surface area contributed by atoms with Crippen LogP contribution in [0.15, 0.2) is 122 Å². The molecule has 0 aliphatic carbocycles. The molecule has 0 aliphatic rings. The van der Waals surface area contributed by atoms with Gasteiger partial charge in [0.15, 0.2) is 0 Å². The molecule has 2 atom stereocenters. The third-order valence-electron chi connectivity index (χ3n) is 10.5. The van der Waals surface area contributed by atoms with E-state index in [1.54, 1.807) is 0 Å². The van der Waals surface area contributed by atoms with Crippen LogP contribution < -0.4 is 4.89 Å². The molecule has 0 aromatic rings. The maximum absolute atomic E-state index is 12.7. The van der Waals surface area contributed by atoms with Gasteiger partial charge in [-0.25, -0.2) is 0 Å². The number of carbonyl (C=O) groups excluding carboxylic acids is 1. The van der Waals surface area contributed by atoms with Gasteiger partial charge in [0.05, 0.1) is 34.4 Å². The van der Waals surface area contributed by atoms with Gasteiger partial charge in [-0.3, -0.25) is 9.36 Å². The van der Waals surface area contributed by atoms with E-state index < -0.39 is 13.9 Å². The summed E-state index contributed by atoms with van der Waals surface area (Å²) < 4.78 is 34.7. The molecule has 0 fully saturated rings. The second kappa shape index (κ2) is 49.3. The van der Waals surface area contributed by atoms with Crippen LogP contribution in [0.2, 0.25) is 0 Å². The molecular formula is C58H98NO7P. The first-order valence-corrected chi connectivity index (χ1v) is 27.7. The molecule has 0 heterocycles. The number of carbonyl (C=O) groups is 1. The molecule has 0 radical (unpaired) electrons. The fourth-order valence-electron chi connectivity index (χ4n) is 6.54. The number of hydrogen-bond donors (Lipinski definition) is 0. The molecule has 382 valence electrons. The van der Waals surface area contributed by atoms with E-state index in [0.717, 1.165) is 96.3 Å². The number of likely N-dealkylation sites (N-methyl/N-ethyl adjacent to an activating group) is 1. The zero-order chi connectivity index (χ0) is 49.0. The number of phosphoric ester groups is 1. The lowest BCUT2D eigenvalue weighted by molar-refractivity contribution is -0.870. The van der Waals surface area contributed by atoms with Gasteiger partial charge in [0.1, 0.15) is 19.3 Å². The average molecular weight is 952 g/mol. The van der Waals surface area contributed by atoms with Crippen LogP contribution in [0.3, 0.4) is 0 Å². The minimum absolute atomic E-state index is 0.0112. The van der Waals surface area contributed by atoms with E-state index in [1.165, 1.54) is 57.8 Å². The summed E-state index contributed by atoms with van der Waals surface area (Å²) >= 11 is 0. The van der Waals surface area contributed by atoms with E-state index >= 15 is 0 Å². The largest absolute Gasteiger partial charge is 0.756 e. The van der Waals surface area contributed by atoms with Crippen molar-refractivity contribution in [1.29, 1.82) is 0 Å². The number of rotatable bonds is 47. The molecule has 0 N–H and O–H groups in total. The zero-order valence-electron chi connectivity index (χ0n) is 43.3. The summed E-state index contributed by atoms with van der Waals surface area (Å²) in [6.07, 6.45) is 70.9. The van der Waals surface area contributed by atoms with Crippen molar-refractivity contribution >= 4 is 13.8 Å². The third kappa shape index (κ3) is 53.7. The summed E-state index contributed by atoms with van der Waals surface area (Å²) in [5.41, 5.74) is 0. The zero-order valence-corrected chi connectivity index (χ0v) is 44.2. The lowest BCUT2D eigenvalue weighted by Gasteiger charge is -2.28. The summed E-state index contributed by atoms with van der Waals surface area (Å²) in [6, 6.07) is 0. The molecule has 0 saturated heterocycles. The van der Waals surface area contributed by atoms with Gasteiger partial charge < -0.3 is 27.9 Å². The Hall–Kier alpha value is -3.10. The van der Waals surface area contributed by atoms with Gasteiger partial charge in [-0.2, -0.15) is 0 Å². The first kappa shape index (κ1) is 63.9. The fourth-order valence-corrected chi connectivity index (χ4v) is 7.27. The molecule has 2 unspecified atom stereocenters. The van der Waals surface area contributed by atoms with Crippen molar-refractivity contribution in [2.24, 2.45) is 0 Å². The maximum atomic E-state index is 12.7. The van der Waals surface area contributed by atoms with E-state index in [4.69, 9.17) is 18.5 Å². The molecule has 0 rings (SSSR count). The van der Waals surface area contributed by atoms with E-state index in [2.05, 4.69) is 135 Å². The monoisotopic (exact) mass is 952 g/mol. The van der Waals surface area contributed by atoms with Crippen LogP contribution in [0.5, 0.6) is 0 Å². The molecule has 0 spiro atoms. The van der Waals surface area contributed by atoms with Crippen molar-refractivity contribution in [3.05, 3.63) is 122 Å². The quantitative estimate of drug-likeness (QED) is 0.0197. The van der Waals surface area contributed by atoms with Crippen molar-refractivity contribution in [1.82, 2.24) is 0 Å². The maximum Gasteiger partial charge on any atom is 0.306 e. The molecule has 0 aromatic carbocycles. The topological polar surface area (TPSA) is 94.1 Å². The average Bonchev–Trinajstić information content (AvgIpc) is 3.29. The molecule has 8 nitrogen and oxygen atoms in total. The van der Waals surface area contributed by atoms with Crippen molar-refractivity contribution in [3.8, 4) is 0 Å². The molecule has 0 aromatic heterocycles. The highest BCUT2D eigenvalue weighted by molar-refractivity contribution is 7.45. The first-order valence-electron chi connectivity index (χ1n) is 26.3. The van der Waals surface area contributed by atoms with Gasteiger partial charge in [-0.05, 0) is 103 Å². The molecular weight excluding hydrogens is 854 g/mol. The predicted octanol–water partition coefficient (Wildman–Crippen LogP) is 15.9. The Morgan fingerprint density at radius 2 is 0.821 bits per heavy atom. The molecule has 67 heavy (non-hydrogen) atoms.